The van der Waals surface area contributed by atoms with Gasteiger partial charge in [0.15, 0.2) is 0 Å². The van der Waals surface area contributed by atoms with Crippen LogP contribution >= 0.6 is 0 Å². The monoisotopic (exact) mass is 434 g/mol. The van der Waals surface area contributed by atoms with Gasteiger partial charge in [0, 0.05) is 18.7 Å². The van der Waals surface area contributed by atoms with Gasteiger partial charge in [-0.05, 0) is 37.0 Å². The number of fused-ring (bicyclic) bond motifs is 1. The van der Waals surface area contributed by atoms with Crippen LogP contribution in [0.3, 0.4) is 0 Å². The van der Waals surface area contributed by atoms with E-state index in [0.29, 0.717) is 42.0 Å². The van der Waals surface area contributed by atoms with E-state index < -0.39 is 10.0 Å². The first-order valence-corrected chi connectivity index (χ1v) is 11.7. The molecule has 160 valence electrons. The normalized spacial score (nSPS) is 19.7. The van der Waals surface area contributed by atoms with Crippen molar-refractivity contribution in [2.45, 2.75) is 38.3 Å². The maximum atomic E-state index is 13.1. The molecule has 2 aliphatic heterocycles. The Hall–Kier alpha value is -2.59. The van der Waals surface area contributed by atoms with Crippen molar-refractivity contribution in [3.63, 3.8) is 0 Å². The van der Waals surface area contributed by atoms with Crippen LogP contribution in [0.1, 0.15) is 41.5 Å². The third-order valence-corrected chi connectivity index (χ3v) is 6.93. The SMILES string of the molecule is CS(=O)(=O)N1CCc2c(nc(C3CCCN3C(=O)Cc3ccc(F)cc3)[nH]c2=O)C1. The zero-order valence-corrected chi connectivity index (χ0v) is 17.4. The number of carbonyl (C=O) groups is 1. The van der Waals surface area contributed by atoms with E-state index >= 15 is 0 Å². The molecule has 2 aliphatic rings. The van der Waals surface area contributed by atoms with Gasteiger partial charge in [-0.3, -0.25) is 9.59 Å². The van der Waals surface area contributed by atoms with Crippen LogP contribution in [0, 0.1) is 5.82 Å². The topological polar surface area (TPSA) is 103 Å². The van der Waals surface area contributed by atoms with Crippen LogP contribution in [0.5, 0.6) is 0 Å². The van der Waals surface area contributed by atoms with Crippen LogP contribution < -0.4 is 5.56 Å². The number of amides is 1. The number of aromatic nitrogens is 2. The zero-order valence-electron chi connectivity index (χ0n) is 16.6. The molecule has 0 aliphatic carbocycles. The van der Waals surface area contributed by atoms with Gasteiger partial charge < -0.3 is 9.88 Å². The molecule has 1 fully saturated rings. The fourth-order valence-corrected chi connectivity index (χ4v) is 4.88. The number of likely N-dealkylation sites (tertiary alicyclic amines) is 1. The van der Waals surface area contributed by atoms with Crippen molar-refractivity contribution in [3.8, 4) is 0 Å². The predicted molar refractivity (Wildman–Crippen MR) is 108 cm³/mol. The van der Waals surface area contributed by atoms with Crippen LogP contribution in [0.25, 0.3) is 0 Å². The fraction of sp³-hybridized carbons (Fsp3) is 0.450. The van der Waals surface area contributed by atoms with E-state index in [1.54, 1.807) is 17.0 Å². The molecule has 1 N–H and O–H groups in total. The molecule has 8 nitrogen and oxygen atoms in total. The number of nitrogens with zero attached hydrogens (tertiary/aromatic N) is 3. The highest BCUT2D eigenvalue weighted by Gasteiger charge is 2.33. The van der Waals surface area contributed by atoms with E-state index in [9.17, 15) is 22.4 Å². The molecule has 0 bridgehead atoms. The summed E-state index contributed by atoms with van der Waals surface area (Å²) in [5.74, 6) is -0.0921. The van der Waals surface area contributed by atoms with E-state index in [-0.39, 0.29) is 42.8 Å². The second-order valence-corrected chi connectivity index (χ2v) is 9.75. The minimum atomic E-state index is -3.39. The second kappa shape index (κ2) is 7.92. The summed E-state index contributed by atoms with van der Waals surface area (Å²) in [5.41, 5.74) is 1.38. The lowest BCUT2D eigenvalue weighted by atomic mass is 10.1. The Kier molecular flexibility index (Phi) is 5.46. The Morgan fingerprint density at radius 2 is 2.00 bits per heavy atom. The van der Waals surface area contributed by atoms with E-state index in [2.05, 4.69) is 9.97 Å². The molecule has 1 unspecified atom stereocenters. The molecule has 30 heavy (non-hydrogen) atoms. The summed E-state index contributed by atoms with van der Waals surface area (Å²) in [5, 5.41) is 0. The molecular formula is C20H23FN4O4S. The summed E-state index contributed by atoms with van der Waals surface area (Å²) >= 11 is 0. The minimum Gasteiger partial charge on any atom is -0.332 e. The van der Waals surface area contributed by atoms with Gasteiger partial charge in [-0.25, -0.2) is 17.8 Å². The Morgan fingerprint density at radius 1 is 1.27 bits per heavy atom. The molecule has 1 aromatic carbocycles. The van der Waals surface area contributed by atoms with Crippen molar-refractivity contribution in [1.82, 2.24) is 19.2 Å². The Bertz CT molecular complexity index is 1130. The lowest BCUT2D eigenvalue weighted by molar-refractivity contribution is -0.131. The molecule has 1 aromatic heterocycles. The summed E-state index contributed by atoms with van der Waals surface area (Å²) in [6, 6.07) is 5.43. The van der Waals surface area contributed by atoms with Gasteiger partial charge in [0.1, 0.15) is 11.6 Å². The van der Waals surface area contributed by atoms with Gasteiger partial charge in [-0.15, -0.1) is 0 Å². The number of hydrogen-bond donors (Lipinski definition) is 1. The molecule has 0 radical (unpaired) electrons. The average Bonchev–Trinajstić information content (AvgIpc) is 3.18. The average molecular weight is 434 g/mol. The van der Waals surface area contributed by atoms with Crippen LogP contribution in [0.4, 0.5) is 4.39 Å². The summed E-state index contributed by atoms with van der Waals surface area (Å²) in [6.07, 6.45) is 3.01. The standard InChI is InChI=1S/C20H23FN4O4S/c1-30(28,29)24-10-8-15-16(12-24)22-19(23-20(15)27)17-3-2-9-25(17)18(26)11-13-4-6-14(21)7-5-13/h4-7,17H,2-3,8-12H2,1H3,(H,22,23,27). The van der Waals surface area contributed by atoms with Crippen molar-refractivity contribution in [2.75, 3.05) is 19.3 Å². The highest BCUT2D eigenvalue weighted by molar-refractivity contribution is 7.88. The van der Waals surface area contributed by atoms with Gasteiger partial charge >= 0.3 is 0 Å². The quantitative estimate of drug-likeness (QED) is 0.777. The van der Waals surface area contributed by atoms with E-state index in [1.165, 1.54) is 16.4 Å². The Morgan fingerprint density at radius 3 is 2.70 bits per heavy atom. The highest BCUT2D eigenvalue weighted by atomic mass is 32.2. The number of aromatic amines is 1. The van der Waals surface area contributed by atoms with Gasteiger partial charge in [0.2, 0.25) is 15.9 Å². The first-order chi connectivity index (χ1) is 14.2. The molecule has 1 saturated heterocycles. The van der Waals surface area contributed by atoms with Crippen LogP contribution in [-0.4, -0.2) is 52.8 Å². The van der Waals surface area contributed by atoms with E-state index in [0.717, 1.165) is 12.7 Å². The number of carbonyl (C=O) groups excluding carboxylic acids is 1. The fourth-order valence-electron chi connectivity index (χ4n) is 4.10. The van der Waals surface area contributed by atoms with Gasteiger partial charge in [0.25, 0.3) is 5.56 Å². The predicted octanol–water partition coefficient (Wildman–Crippen LogP) is 1.13. The Balaban J connectivity index is 1.58. The number of rotatable bonds is 4. The van der Waals surface area contributed by atoms with Crippen molar-refractivity contribution in [3.05, 3.63) is 63.1 Å². The number of benzene rings is 1. The van der Waals surface area contributed by atoms with Crippen molar-refractivity contribution < 1.29 is 17.6 Å². The lowest BCUT2D eigenvalue weighted by Crippen LogP contribution is -2.40. The number of H-pyrrole nitrogens is 1. The first-order valence-electron chi connectivity index (χ1n) is 9.83. The minimum absolute atomic E-state index is 0.0569. The molecule has 0 spiro atoms. The van der Waals surface area contributed by atoms with Crippen LogP contribution in [0.15, 0.2) is 29.1 Å². The van der Waals surface area contributed by atoms with Crippen molar-refractivity contribution >= 4 is 15.9 Å². The van der Waals surface area contributed by atoms with Crippen molar-refractivity contribution in [2.24, 2.45) is 0 Å². The Labute approximate surface area is 173 Å². The van der Waals surface area contributed by atoms with Gasteiger partial charge in [-0.2, -0.15) is 4.31 Å². The molecule has 4 rings (SSSR count). The lowest BCUT2D eigenvalue weighted by Gasteiger charge is -2.28. The largest absolute Gasteiger partial charge is 0.332 e. The van der Waals surface area contributed by atoms with Gasteiger partial charge in [-0.1, -0.05) is 12.1 Å². The molecule has 0 saturated carbocycles. The molecule has 1 amide bonds. The van der Waals surface area contributed by atoms with Crippen molar-refractivity contribution in [1.29, 1.82) is 0 Å². The highest BCUT2D eigenvalue weighted by Crippen LogP contribution is 2.31. The number of nitrogens with one attached hydrogen (secondary N) is 1. The molecule has 1 atom stereocenters. The second-order valence-electron chi connectivity index (χ2n) is 7.77. The zero-order chi connectivity index (χ0) is 21.5. The third kappa shape index (κ3) is 4.15. The summed E-state index contributed by atoms with van der Waals surface area (Å²) < 4.78 is 38.2. The maximum absolute atomic E-state index is 13.1. The third-order valence-electron chi connectivity index (χ3n) is 5.68. The smallest absolute Gasteiger partial charge is 0.254 e. The summed E-state index contributed by atoms with van der Waals surface area (Å²) in [6.45, 7) is 0.851. The van der Waals surface area contributed by atoms with Crippen LogP contribution in [-0.2, 0) is 34.2 Å². The first kappa shape index (κ1) is 20.7. The molecular weight excluding hydrogens is 411 g/mol. The molecule has 2 aromatic rings. The number of hydrogen-bond acceptors (Lipinski definition) is 5. The van der Waals surface area contributed by atoms with E-state index in [4.69, 9.17) is 0 Å². The summed E-state index contributed by atoms with van der Waals surface area (Å²) in [7, 11) is -3.39. The van der Waals surface area contributed by atoms with Gasteiger partial charge in [0.05, 0.1) is 31.0 Å². The van der Waals surface area contributed by atoms with E-state index in [1.807, 2.05) is 0 Å². The number of sulfonamides is 1. The summed E-state index contributed by atoms with van der Waals surface area (Å²) in [4.78, 5) is 34.5. The molecule has 10 heteroatoms. The molecule has 3 heterocycles. The van der Waals surface area contributed by atoms with Crippen LogP contribution in [0.2, 0.25) is 0 Å². The number of halogens is 1. The maximum Gasteiger partial charge on any atom is 0.254 e.